The summed E-state index contributed by atoms with van der Waals surface area (Å²) < 4.78 is 6.98. The molecule has 1 aliphatic rings. The van der Waals surface area contributed by atoms with Gasteiger partial charge < -0.3 is 4.42 Å². The number of hydrogen-bond acceptors (Lipinski definition) is 2. The predicted molar refractivity (Wildman–Crippen MR) is 157 cm³/mol. The molecule has 1 aliphatic carbocycles. The van der Waals surface area contributed by atoms with Crippen LogP contribution in [0.1, 0.15) is 30.5 Å². The first-order valence-electron chi connectivity index (χ1n) is 12.7. The van der Waals surface area contributed by atoms with Crippen LogP contribution in [-0.4, -0.2) is 21.1 Å². The Bertz CT molecular complexity index is 1690. The molecule has 0 saturated heterocycles. The highest BCUT2D eigenvalue weighted by Gasteiger charge is 2.38. The van der Waals surface area contributed by atoms with E-state index >= 15 is 0 Å². The molecule has 178 valence electrons. The van der Waals surface area contributed by atoms with Crippen molar-refractivity contribution in [3.05, 3.63) is 65.2 Å². The third-order valence-corrected chi connectivity index (χ3v) is 12.0. The lowest BCUT2D eigenvalue weighted by molar-refractivity contribution is 0.643. The molecule has 2 nitrogen and oxygen atoms in total. The molecule has 0 spiro atoms. The topological polar surface area (TPSA) is 26.0 Å². The van der Waals surface area contributed by atoms with Crippen LogP contribution in [0.4, 0.5) is 0 Å². The van der Waals surface area contributed by atoms with Gasteiger partial charge in [0, 0.05) is 27.1 Å². The summed E-state index contributed by atoms with van der Waals surface area (Å²) in [5.74, 6) is 0. The number of furan rings is 1. The van der Waals surface area contributed by atoms with Crippen LogP contribution in [0, 0.1) is 6.92 Å². The number of aryl methyl sites for hydroxylation is 1. The molecule has 0 radical (unpaired) electrons. The summed E-state index contributed by atoms with van der Waals surface area (Å²) in [6.07, 6.45) is 0. The molecule has 0 amide bonds. The zero-order valence-corrected chi connectivity index (χ0v) is 24.5. The highest BCUT2D eigenvalue weighted by atomic mass is 28.3. The lowest BCUT2D eigenvalue weighted by atomic mass is 9.76. The third-order valence-electron chi connectivity index (χ3n) is 7.96. The minimum Gasteiger partial charge on any atom is -0.456 e. The summed E-state index contributed by atoms with van der Waals surface area (Å²) in [4.78, 5) is 5.33. The Balaban J connectivity index is 1.88. The third kappa shape index (κ3) is 3.16. The van der Waals surface area contributed by atoms with Gasteiger partial charge in [0.05, 0.1) is 27.4 Å². The molecule has 0 fully saturated rings. The first-order valence-corrected chi connectivity index (χ1v) is 19.7. The second-order valence-corrected chi connectivity index (χ2v) is 23.1. The van der Waals surface area contributed by atoms with Gasteiger partial charge in [0.25, 0.3) is 0 Å². The van der Waals surface area contributed by atoms with Gasteiger partial charge in [0.15, 0.2) is 0 Å². The number of fused-ring (bicyclic) bond motifs is 3. The van der Waals surface area contributed by atoms with Crippen molar-refractivity contribution in [3.63, 3.8) is 0 Å². The van der Waals surface area contributed by atoms with Crippen LogP contribution in [0.5, 0.6) is 0 Å². The highest BCUT2D eigenvalue weighted by molar-refractivity contribution is 6.91. The normalized spacial score (nSPS) is 15.2. The van der Waals surface area contributed by atoms with E-state index in [1.54, 1.807) is 0 Å². The summed E-state index contributed by atoms with van der Waals surface area (Å²) in [7, 11) is -3.26. The quantitative estimate of drug-likeness (QED) is 0.234. The smallest absolute Gasteiger partial charge is 0.135 e. The van der Waals surface area contributed by atoms with Gasteiger partial charge in [-0.25, -0.2) is 4.98 Å². The first kappa shape index (κ1) is 22.7. The lowest BCUT2D eigenvalue weighted by Crippen LogP contribution is -2.38. The lowest BCUT2D eigenvalue weighted by Gasteiger charge is -2.29. The van der Waals surface area contributed by atoms with Crippen LogP contribution in [0.3, 0.4) is 0 Å². The molecular weight excluding hydrogens is 459 g/mol. The van der Waals surface area contributed by atoms with E-state index in [0.29, 0.717) is 0 Å². The zero-order chi connectivity index (χ0) is 25.1. The zero-order valence-electron chi connectivity index (χ0n) is 22.5. The van der Waals surface area contributed by atoms with E-state index in [1.807, 2.05) is 0 Å². The summed E-state index contributed by atoms with van der Waals surface area (Å²) >= 11 is 0. The second-order valence-electron chi connectivity index (χ2n) is 13.0. The van der Waals surface area contributed by atoms with Crippen molar-refractivity contribution in [2.45, 2.75) is 65.5 Å². The minimum absolute atomic E-state index is 0.203. The summed E-state index contributed by atoms with van der Waals surface area (Å²) in [6, 6.07) is 18.4. The van der Waals surface area contributed by atoms with Gasteiger partial charge in [-0.05, 0) is 46.6 Å². The Labute approximate surface area is 210 Å². The fourth-order valence-electron chi connectivity index (χ4n) is 6.00. The van der Waals surface area contributed by atoms with Crippen LogP contribution < -0.4 is 10.4 Å². The number of pyridine rings is 1. The molecule has 0 saturated carbocycles. The number of benzene rings is 3. The van der Waals surface area contributed by atoms with Crippen LogP contribution in [0.15, 0.2) is 52.9 Å². The Morgan fingerprint density at radius 2 is 1.34 bits per heavy atom. The minimum atomic E-state index is -1.64. The van der Waals surface area contributed by atoms with Crippen molar-refractivity contribution < 1.29 is 4.42 Å². The molecule has 3 aromatic carbocycles. The molecule has 6 rings (SSSR count). The monoisotopic (exact) mass is 493 g/mol. The Kier molecular flexibility index (Phi) is 4.52. The molecule has 0 N–H and O–H groups in total. The van der Waals surface area contributed by atoms with E-state index in [0.717, 1.165) is 22.4 Å². The molecule has 0 unspecified atom stereocenters. The maximum Gasteiger partial charge on any atom is 0.135 e. The maximum atomic E-state index is 6.98. The van der Waals surface area contributed by atoms with Crippen molar-refractivity contribution in [3.8, 4) is 11.3 Å². The molecule has 2 heterocycles. The number of nitrogens with zero attached hydrogens (tertiary/aromatic N) is 1. The summed E-state index contributed by atoms with van der Waals surface area (Å²) in [5, 5.41) is 6.63. The molecule has 5 aromatic rings. The van der Waals surface area contributed by atoms with Crippen molar-refractivity contribution in [2.24, 2.45) is 0 Å². The number of rotatable bonds is 2. The number of hydrogen-bond donors (Lipinski definition) is 0. The Morgan fingerprint density at radius 1 is 0.714 bits per heavy atom. The molecule has 35 heavy (non-hydrogen) atoms. The Morgan fingerprint density at radius 3 is 2.00 bits per heavy atom. The van der Waals surface area contributed by atoms with E-state index in [1.165, 1.54) is 48.8 Å². The molecule has 0 atom stereocenters. The fraction of sp³-hybridized carbons (Fsp3) is 0.323. The van der Waals surface area contributed by atoms with Gasteiger partial charge in [0.1, 0.15) is 11.2 Å². The summed E-state index contributed by atoms with van der Waals surface area (Å²) in [6.45, 7) is 21.4. The van der Waals surface area contributed by atoms with Crippen LogP contribution in [-0.2, 0) is 5.41 Å². The highest BCUT2D eigenvalue weighted by Crippen LogP contribution is 2.49. The van der Waals surface area contributed by atoms with Crippen LogP contribution >= 0.6 is 0 Å². The fourth-order valence-corrected chi connectivity index (χ4v) is 8.88. The van der Waals surface area contributed by atoms with E-state index in [4.69, 9.17) is 9.40 Å². The SMILES string of the molecule is Cc1ccc2nc3c(cc2c1)C(C)(C)c1ccc([Si](C)(C)C)c2oc4c([Si](C)(C)C)ccc-3c4c12. The van der Waals surface area contributed by atoms with E-state index < -0.39 is 16.1 Å². The van der Waals surface area contributed by atoms with Gasteiger partial charge >= 0.3 is 0 Å². The van der Waals surface area contributed by atoms with Crippen LogP contribution in [0.25, 0.3) is 44.1 Å². The molecule has 4 heteroatoms. The maximum absolute atomic E-state index is 6.98. The standard InChI is InChI=1S/C31H35NOSi2/c1-18-10-13-23-19(16-18)17-22-28(32-23)20-11-14-24(34(4,5)6)29-26(20)27-21(31(22,2)3)12-15-25(30(27)33-29)35(7,8)9/h10-17H,1-9H3. The van der Waals surface area contributed by atoms with Gasteiger partial charge in [0.2, 0.25) is 0 Å². The molecule has 0 bridgehead atoms. The molecular formula is C31H35NOSi2. The average Bonchev–Trinajstić information content (AvgIpc) is 3.12. The van der Waals surface area contributed by atoms with E-state index in [-0.39, 0.29) is 5.41 Å². The van der Waals surface area contributed by atoms with Crippen molar-refractivity contribution in [1.82, 2.24) is 4.98 Å². The van der Waals surface area contributed by atoms with Crippen molar-refractivity contribution in [1.29, 1.82) is 0 Å². The van der Waals surface area contributed by atoms with E-state index in [2.05, 4.69) is 109 Å². The van der Waals surface area contributed by atoms with Gasteiger partial charge in [-0.1, -0.05) is 89.0 Å². The van der Waals surface area contributed by atoms with Gasteiger partial charge in [-0.2, -0.15) is 0 Å². The largest absolute Gasteiger partial charge is 0.456 e. The van der Waals surface area contributed by atoms with E-state index in [9.17, 15) is 0 Å². The molecule has 2 aromatic heterocycles. The Hall–Kier alpha value is -2.70. The average molecular weight is 494 g/mol. The van der Waals surface area contributed by atoms with Crippen LogP contribution in [0.2, 0.25) is 39.3 Å². The predicted octanol–water partition coefficient (Wildman–Crippen LogP) is 7.84. The van der Waals surface area contributed by atoms with Gasteiger partial charge in [-0.15, -0.1) is 0 Å². The second kappa shape index (κ2) is 6.95. The summed E-state index contributed by atoms with van der Waals surface area (Å²) in [5.41, 5.74) is 9.32. The molecule has 0 aliphatic heterocycles. The van der Waals surface area contributed by atoms with Gasteiger partial charge in [-0.3, -0.25) is 0 Å². The number of aromatic nitrogens is 1. The first-order chi connectivity index (χ1) is 16.3. The van der Waals surface area contributed by atoms with Crippen molar-refractivity contribution >= 4 is 59.4 Å². The van der Waals surface area contributed by atoms with Crippen molar-refractivity contribution in [2.75, 3.05) is 0 Å².